The van der Waals surface area contributed by atoms with E-state index < -0.39 is 0 Å². The second-order valence-electron chi connectivity index (χ2n) is 3.87. The van der Waals surface area contributed by atoms with Crippen molar-refractivity contribution in [3.63, 3.8) is 0 Å². The molecule has 0 aliphatic carbocycles. The van der Waals surface area contributed by atoms with Crippen molar-refractivity contribution in [3.8, 4) is 5.75 Å². The van der Waals surface area contributed by atoms with Gasteiger partial charge in [0.15, 0.2) is 0 Å². The molecule has 0 aromatic heterocycles. The Balaban J connectivity index is 2.33. The molecule has 0 saturated carbocycles. The van der Waals surface area contributed by atoms with Crippen molar-refractivity contribution < 1.29 is 4.74 Å². The molecule has 1 atom stereocenters. The van der Waals surface area contributed by atoms with Gasteiger partial charge in [0, 0.05) is 11.8 Å². The van der Waals surface area contributed by atoms with E-state index >= 15 is 0 Å². The predicted octanol–water partition coefficient (Wildman–Crippen LogP) is 2.71. The molecule has 0 heterocycles. The third-order valence-electron chi connectivity index (χ3n) is 2.18. The second kappa shape index (κ2) is 7.58. The zero-order chi connectivity index (χ0) is 11.8. The smallest absolute Gasteiger partial charge is 0.119 e. The lowest BCUT2D eigenvalue weighted by molar-refractivity contribution is 0.344. The molecule has 0 saturated heterocycles. The SMILES string of the molecule is CCSCCOc1ccc(CC(C)N)cc1. The van der Waals surface area contributed by atoms with E-state index in [2.05, 4.69) is 19.1 Å². The topological polar surface area (TPSA) is 35.2 Å². The van der Waals surface area contributed by atoms with E-state index in [0.717, 1.165) is 30.3 Å². The van der Waals surface area contributed by atoms with Crippen LogP contribution in [0, 0.1) is 0 Å². The van der Waals surface area contributed by atoms with Gasteiger partial charge in [-0.05, 0) is 36.8 Å². The van der Waals surface area contributed by atoms with E-state index in [-0.39, 0.29) is 6.04 Å². The van der Waals surface area contributed by atoms with Crippen LogP contribution in [0.15, 0.2) is 24.3 Å². The van der Waals surface area contributed by atoms with Crippen molar-refractivity contribution >= 4 is 11.8 Å². The number of thioether (sulfide) groups is 1. The molecule has 1 rings (SSSR count). The zero-order valence-corrected chi connectivity index (χ0v) is 10.9. The Labute approximate surface area is 103 Å². The first-order valence-corrected chi connectivity index (χ1v) is 6.93. The summed E-state index contributed by atoms with van der Waals surface area (Å²) < 4.78 is 5.62. The Hall–Kier alpha value is -0.670. The normalized spacial score (nSPS) is 12.4. The van der Waals surface area contributed by atoms with Crippen LogP contribution in [0.4, 0.5) is 0 Å². The largest absolute Gasteiger partial charge is 0.493 e. The lowest BCUT2D eigenvalue weighted by atomic mass is 10.1. The maximum absolute atomic E-state index is 5.74. The van der Waals surface area contributed by atoms with E-state index in [4.69, 9.17) is 10.5 Å². The van der Waals surface area contributed by atoms with Gasteiger partial charge in [0.1, 0.15) is 5.75 Å². The van der Waals surface area contributed by atoms with Gasteiger partial charge < -0.3 is 10.5 Å². The highest BCUT2D eigenvalue weighted by atomic mass is 32.2. The second-order valence-corrected chi connectivity index (χ2v) is 5.26. The highest BCUT2D eigenvalue weighted by Gasteiger charge is 1.98. The number of benzene rings is 1. The average molecular weight is 239 g/mol. The molecule has 0 amide bonds. The lowest BCUT2D eigenvalue weighted by Crippen LogP contribution is -2.17. The number of nitrogens with two attached hydrogens (primary N) is 1. The Morgan fingerprint density at radius 1 is 1.31 bits per heavy atom. The van der Waals surface area contributed by atoms with E-state index in [9.17, 15) is 0 Å². The standard InChI is InChI=1S/C13H21NOS/c1-3-16-9-8-15-13-6-4-12(5-7-13)10-11(2)14/h4-7,11H,3,8-10,14H2,1-2H3. The average Bonchev–Trinajstić information content (AvgIpc) is 2.26. The van der Waals surface area contributed by atoms with Crippen LogP contribution in [-0.2, 0) is 6.42 Å². The van der Waals surface area contributed by atoms with Crippen LogP contribution in [0.1, 0.15) is 19.4 Å². The van der Waals surface area contributed by atoms with Crippen LogP contribution in [-0.4, -0.2) is 24.2 Å². The van der Waals surface area contributed by atoms with Gasteiger partial charge in [-0.1, -0.05) is 19.1 Å². The number of ether oxygens (including phenoxy) is 1. The van der Waals surface area contributed by atoms with Gasteiger partial charge in [-0.25, -0.2) is 0 Å². The molecule has 0 fully saturated rings. The summed E-state index contributed by atoms with van der Waals surface area (Å²) in [5.41, 5.74) is 7.01. The summed E-state index contributed by atoms with van der Waals surface area (Å²) in [5, 5.41) is 0. The van der Waals surface area contributed by atoms with Gasteiger partial charge in [0.05, 0.1) is 6.61 Å². The number of hydrogen-bond donors (Lipinski definition) is 1. The molecule has 0 radical (unpaired) electrons. The molecular weight excluding hydrogens is 218 g/mol. The number of hydrogen-bond acceptors (Lipinski definition) is 3. The Morgan fingerprint density at radius 3 is 2.56 bits per heavy atom. The first kappa shape index (κ1) is 13.4. The first-order chi connectivity index (χ1) is 7.72. The van der Waals surface area contributed by atoms with Gasteiger partial charge in [0.2, 0.25) is 0 Å². The van der Waals surface area contributed by atoms with Crippen molar-refractivity contribution in [3.05, 3.63) is 29.8 Å². The van der Waals surface area contributed by atoms with Gasteiger partial charge >= 0.3 is 0 Å². The fraction of sp³-hybridized carbons (Fsp3) is 0.538. The molecule has 0 aliphatic heterocycles. The monoisotopic (exact) mass is 239 g/mol. The van der Waals surface area contributed by atoms with E-state index in [0.29, 0.717) is 0 Å². The summed E-state index contributed by atoms with van der Waals surface area (Å²) in [7, 11) is 0. The summed E-state index contributed by atoms with van der Waals surface area (Å²) in [6, 6.07) is 8.44. The van der Waals surface area contributed by atoms with Gasteiger partial charge in [0.25, 0.3) is 0 Å². The van der Waals surface area contributed by atoms with Gasteiger partial charge in [-0.2, -0.15) is 11.8 Å². The minimum Gasteiger partial charge on any atom is -0.493 e. The van der Waals surface area contributed by atoms with E-state index in [1.807, 2.05) is 30.8 Å². The predicted molar refractivity (Wildman–Crippen MR) is 72.3 cm³/mol. The Kier molecular flexibility index (Phi) is 6.34. The third-order valence-corrected chi connectivity index (χ3v) is 3.05. The van der Waals surface area contributed by atoms with Crippen molar-refractivity contribution in [2.75, 3.05) is 18.1 Å². The molecule has 0 bridgehead atoms. The van der Waals surface area contributed by atoms with Crippen molar-refractivity contribution in [2.45, 2.75) is 26.3 Å². The van der Waals surface area contributed by atoms with Crippen LogP contribution in [0.5, 0.6) is 5.75 Å². The molecule has 1 aromatic carbocycles. The summed E-state index contributed by atoms with van der Waals surface area (Å²) in [6.45, 7) is 4.96. The van der Waals surface area contributed by atoms with Crippen LogP contribution in [0.2, 0.25) is 0 Å². The Morgan fingerprint density at radius 2 is 2.00 bits per heavy atom. The summed E-state index contributed by atoms with van der Waals surface area (Å²) in [6.07, 6.45) is 0.923. The summed E-state index contributed by atoms with van der Waals surface area (Å²) in [4.78, 5) is 0. The quantitative estimate of drug-likeness (QED) is 0.743. The molecule has 0 aliphatic rings. The summed E-state index contributed by atoms with van der Waals surface area (Å²) in [5.74, 6) is 3.15. The fourth-order valence-corrected chi connectivity index (χ4v) is 1.95. The molecule has 2 nitrogen and oxygen atoms in total. The van der Waals surface area contributed by atoms with Crippen LogP contribution < -0.4 is 10.5 Å². The molecule has 16 heavy (non-hydrogen) atoms. The maximum atomic E-state index is 5.74. The van der Waals surface area contributed by atoms with Crippen molar-refractivity contribution in [2.24, 2.45) is 5.73 Å². The highest BCUT2D eigenvalue weighted by molar-refractivity contribution is 7.99. The van der Waals surface area contributed by atoms with Crippen LogP contribution in [0.3, 0.4) is 0 Å². The lowest BCUT2D eigenvalue weighted by Gasteiger charge is -2.08. The van der Waals surface area contributed by atoms with Crippen molar-refractivity contribution in [1.29, 1.82) is 0 Å². The Bertz CT molecular complexity index is 284. The fourth-order valence-electron chi connectivity index (χ4n) is 1.46. The molecule has 0 spiro atoms. The molecular formula is C13H21NOS. The van der Waals surface area contributed by atoms with Gasteiger partial charge in [-0.15, -0.1) is 0 Å². The zero-order valence-electron chi connectivity index (χ0n) is 10.1. The van der Waals surface area contributed by atoms with Gasteiger partial charge in [-0.3, -0.25) is 0 Å². The molecule has 90 valence electrons. The molecule has 3 heteroatoms. The minimum absolute atomic E-state index is 0.215. The number of rotatable bonds is 7. The molecule has 1 aromatic rings. The maximum Gasteiger partial charge on any atom is 0.119 e. The first-order valence-electron chi connectivity index (χ1n) is 5.77. The van der Waals surface area contributed by atoms with E-state index in [1.165, 1.54) is 5.56 Å². The van der Waals surface area contributed by atoms with Crippen LogP contribution >= 0.6 is 11.8 Å². The highest BCUT2D eigenvalue weighted by Crippen LogP contribution is 2.13. The molecule has 2 N–H and O–H groups in total. The molecule has 1 unspecified atom stereocenters. The van der Waals surface area contributed by atoms with Crippen molar-refractivity contribution in [1.82, 2.24) is 0 Å². The van der Waals surface area contributed by atoms with Crippen LogP contribution in [0.25, 0.3) is 0 Å². The minimum atomic E-state index is 0.215. The third kappa shape index (κ3) is 5.42. The summed E-state index contributed by atoms with van der Waals surface area (Å²) >= 11 is 1.90. The van der Waals surface area contributed by atoms with E-state index in [1.54, 1.807) is 0 Å².